The minimum absolute atomic E-state index is 0.0990. The highest BCUT2D eigenvalue weighted by Crippen LogP contribution is 2.35. The maximum absolute atomic E-state index is 12.9. The molecule has 1 aromatic rings. The lowest BCUT2D eigenvalue weighted by Gasteiger charge is -2.44. The van der Waals surface area contributed by atoms with Crippen LogP contribution in [0, 0.1) is 0 Å². The molecule has 3 rings (SSSR count). The van der Waals surface area contributed by atoms with E-state index in [1.165, 1.54) is 32.2 Å². The molecule has 5 atom stereocenters. The SMILES string of the molecule is COc1cc(C(=O)N2CCOCC2)ccc1OC1O[C@H](COC(C)=O)[C@@H](OC(C)=O)[C@H](OC(C)=O)[C@H]1OC(C)=O. The first-order valence-electron chi connectivity index (χ1n) is 12.5. The van der Waals surface area contributed by atoms with Gasteiger partial charge < -0.3 is 42.8 Å². The summed E-state index contributed by atoms with van der Waals surface area (Å²) in [6.45, 7) is 5.92. The van der Waals surface area contributed by atoms with Crippen LogP contribution in [0.1, 0.15) is 38.1 Å². The molecule has 0 aliphatic carbocycles. The molecule has 40 heavy (non-hydrogen) atoms. The normalized spacial score (nSPS) is 24.3. The lowest BCUT2D eigenvalue weighted by atomic mass is 9.98. The van der Waals surface area contributed by atoms with E-state index < -0.39 is 61.2 Å². The predicted octanol–water partition coefficient (Wildman–Crippen LogP) is 0.630. The Morgan fingerprint density at radius 1 is 0.825 bits per heavy atom. The van der Waals surface area contributed by atoms with Gasteiger partial charge in [0.25, 0.3) is 5.91 Å². The van der Waals surface area contributed by atoms with Crippen molar-refractivity contribution in [2.75, 3.05) is 40.0 Å². The van der Waals surface area contributed by atoms with Gasteiger partial charge >= 0.3 is 23.9 Å². The fraction of sp³-hybridized carbons (Fsp3) is 0.577. The highest BCUT2D eigenvalue weighted by Gasteiger charge is 2.53. The van der Waals surface area contributed by atoms with Gasteiger partial charge in [0.05, 0.1) is 20.3 Å². The molecular formula is C26H33NO13. The number of benzene rings is 1. The van der Waals surface area contributed by atoms with E-state index in [1.54, 1.807) is 4.90 Å². The molecule has 0 spiro atoms. The largest absolute Gasteiger partial charge is 0.493 e. The lowest BCUT2D eigenvalue weighted by molar-refractivity contribution is -0.288. The summed E-state index contributed by atoms with van der Waals surface area (Å²) >= 11 is 0. The molecule has 0 saturated carbocycles. The molecule has 2 aliphatic heterocycles. The summed E-state index contributed by atoms with van der Waals surface area (Å²) in [4.78, 5) is 62.0. The van der Waals surface area contributed by atoms with E-state index in [1.807, 2.05) is 0 Å². The molecule has 1 amide bonds. The van der Waals surface area contributed by atoms with E-state index in [2.05, 4.69) is 0 Å². The number of amides is 1. The zero-order valence-corrected chi connectivity index (χ0v) is 22.9. The fourth-order valence-corrected chi connectivity index (χ4v) is 4.26. The molecule has 0 aromatic heterocycles. The molecule has 1 aromatic carbocycles. The van der Waals surface area contributed by atoms with Crippen molar-refractivity contribution in [3.63, 3.8) is 0 Å². The molecule has 2 saturated heterocycles. The van der Waals surface area contributed by atoms with Gasteiger partial charge in [-0.15, -0.1) is 0 Å². The number of ether oxygens (including phenoxy) is 8. The summed E-state index contributed by atoms with van der Waals surface area (Å²) in [5.74, 6) is -2.89. The Balaban J connectivity index is 1.96. The van der Waals surface area contributed by atoms with Crippen molar-refractivity contribution in [1.82, 2.24) is 4.90 Å². The van der Waals surface area contributed by atoms with Gasteiger partial charge in [0.2, 0.25) is 12.4 Å². The third kappa shape index (κ3) is 8.05. The highest BCUT2D eigenvalue weighted by molar-refractivity contribution is 5.95. The molecule has 14 heteroatoms. The van der Waals surface area contributed by atoms with E-state index in [4.69, 9.17) is 37.9 Å². The summed E-state index contributed by atoms with van der Waals surface area (Å²) in [5.41, 5.74) is 0.340. The number of hydrogen-bond acceptors (Lipinski definition) is 13. The van der Waals surface area contributed by atoms with Crippen LogP contribution in [0.5, 0.6) is 11.5 Å². The van der Waals surface area contributed by atoms with Crippen LogP contribution in [0.25, 0.3) is 0 Å². The van der Waals surface area contributed by atoms with E-state index >= 15 is 0 Å². The minimum Gasteiger partial charge on any atom is -0.493 e. The Morgan fingerprint density at radius 3 is 2.00 bits per heavy atom. The topological polar surface area (TPSA) is 162 Å². The second kappa shape index (κ2) is 13.9. The maximum atomic E-state index is 12.9. The lowest BCUT2D eigenvalue weighted by Crippen LogP contribution is -2.63. The van der Waals surface area contributed by atoms with E-state index in [0.29, 0.717) is 31.9 Å². The molecular weight excluding hydrogens is 534 g/mol. The van der Waals surface area contributed by atoms with Crippen molar-refractivity contribution in [2.24, 2.45) is 0 Å². The quantitative estimate of drug-likeness (QED) is 0.302. The maximum Gasteiger partial charge on any atom is 0.303 e. The molecule has 2 fully saturated rings. The number of hydrogen-bond donors (Lipinski definition) is 0. The van der Waals surface area contributed by atoms with Crippen LogP contribution in [-0.4, -0.2) is 105 Å². The van der Waals surface area contributed by atoms with Crippen LogP contribution in [-0.2, 0) is 47.6 Å². The zero-order valence-electron chi connectivity index (χ0n) is 22.9. The molecule has 14 nitrogen and oxygen atoms in total. The summed E-state index contributed by atoms with van der Waals surface area (Å²) < 4.78 is 44.0. The number of esters is 4. The van der Waals surface area contributed by atoms with Gasteiger partial charge in [0.1, 0.15) is 12.7 Å². The third-order valence-corrected chi connectivity index (χ3v) is 5.90. The van der Waals surface area contributed by atoms with Gasteiger partial charge in [-0.05, 0) is 18.2 Å². The number of morpholine rings is 1. The second-order valence-corrected chi connectivity index (χ2v) is 8.96. The van der Waals surface area contributed by atoms with Gasteiger partial charge in [-0.25, -0.2) is 0 Å². The van der Waals surface area contributed by atoms with Crippen molar-refractivity contribution < 1.29 is 61.9 Å². The van der Waals surface area contributed by atoms with E-state index in [-0.39, 0.29) is 17.4 Å². The highest BCUT2D eigenvalue weighted by atomic mass is 16.7. The second-order valence-electron chi connectivity index (χ2n) is 8.96. The van der Waals surface area contributed by atoms with E-state index in [0.717, 1.165) is 20.8 Å². The van der Waals surface area contributed by atoms with Crippen LogP contribution in [0.4, 0.5) is 0 Å². The van der Waals surface area contributed by atoms with Crippen molar-refractivity contribution >= 4 is 29.8 Å². The fourth-order valence-electron chi connectivity index (χ4n) is 4.26. The smallest absolute Gasteiger partial charge is 0.303 e. The third-order valence-electron chi connectivity index (χ3n) is 5.90. The minimum atomic E-state index is -1.45. The average Bonchev–Trinajstić information content (AvgIpc) is 2.90. The zero-order chi connectivity index (χ0) is 29.4. The van der Waals surface area contributed by atoms with Crippen LogP contribution >= 0.6 is 0 Å². The molecule has 0 radical (unpaired) electrons. The number of nitrogens with zero attached hydrogens (tertiary/aromatic N) is 1. The summed E-state index contributed by atoms with van der Waals surface area (Å²) in [6, 6.07) is 4.49. The van der Waals surface area contributed by atoms with Crippen molar-refractivity contribution in [1.29, 1.82) is 0 Å². The molecule has 2 aliphatic rings. The molecule has 2 heterocycles. The van der Waals surface area contributed by atoms with Crippen molar-refractivity contribution in [2.45, 2.75) is 58.4 Å². The summed E-state index contributed by atoms with van der Waals surface area (Å²) in [5, 5.41) is 0. The van der Waals surface area contributed by atoms with E-state index in [9.17, 15) is 24.0 Å². The standard InChI is InChI=1S/C26H33NO13/c1-14(28)35-13-21-22(36-15(2)29)23(37-16(3)30)24(38-17(4)31)26(40-21)39-19-7-6-18(12-20(19)33-5)25(32)27-8-10-34-11-9-27/h6-7,12,21-24,26H,8-11,13H2,1-5H3/t21-,22-,23+,24-,26?/m1/s1. The van der Waals surface area contributed by atoms with Crippen LogP contribution in [0.3, 0.4) is 0 Å². The Morgan fingerprint density at radius 2 is 1.43 bits per heavy atom. The van der Waals surface area contributed by atoms with Crippen LogP contribution in [0.2, 0.25) is 0 Å². The molecule has 1 unspecified atom stereocenters. The van der Waals surface area contributed by atoms with Gasteiger partial charge in [-0.2, -0.15) is 0 Å². The van der Waals surface area contributed by atoms with Crippen molar-refractivity contribution in [3.8, 4) is 11.5 Å². The first-order valence-corrected chi connectivity index (χ1v) is 12.5. The summed E-state index contributed by atoms with van der Waals surface area (Å²) in [7, 11) is 1.37. The van der Waals surface area contributed by atoms with Crippen LogP contribution < -0.4 is 9.47 Å². The first kappa shape index (κ1) is 30.6. The van der Waals surface area contributed by atoms with Gasteiger partial charge in [0, 0.05) is 46.3 Å². The predicted molar refractivity (Wildman–Crippen MR) is 132 cm³/mol. The molecule has 220 valence electrons. The number of rotatable bonds is 9. The number of methoxy groups -OCH3 is 1. The van der Waals surface area contributed by atoms with Gasteiger partial charge in [-0.3, -0.25) is 24.0 Å². The van der Waals surface area contributed by atoms with Crippen LogP contribution in [0.15, 0.2) is 18.2 Å². The molecule has 0 bridgehead atoms. The Kier molecular flexibility index (Phi) is 10.7. The summed E-state index contributed by atoms with van der Waals surface area (Å²) in [6.07, 6.45) is -6.76. The molecule has 0 N–H and O–H groups in total. The Bertz CT molecular complexity index is 1100. The number of carbonyl (C=O) groups is 5. The average molecular weight is 568 g/mol. The van der Waals surface area contributed by atoms with Gasteiger partial charge in [-0.1, -0.05) is 0 Å². The van der Waals surface area contributed by atoms with Gasteiger partial charge in [0.15, 0.2) is 23.7 Å². The van der Waals surface area contributed by atoms with Crippen molar-refractivity contribution in [3.05, 3.63) is 23.8 Å². The monoisotopic (exact) mass is 567 g/mol. The number of carbonyl (C=O) groups excluding carboxylic acids is 5. The first-order chi connectivity index (χ1) is 19.0. The Hall–Kier alpha value is -3.91. The Labute approximate surface area is 230 Å².